The summed E-state index contributed by atoms with van der Waals surface area (Å²) >= 11 is 19.2. The Labute approximate surface area is 243 Å². The van der Waals surface area contributed by atoms with Crippen molar-refractivity contribution in [3.8, 4) is 22.6 Å². The topological polar surface area (TPSA) is 106 Å². The molecule has 0 saturated heterocycles. The summed E-state index contributed by atoms with van der Waals surface area (Å²) in [7, 11) is 0. The van der Waals surface area contributed by atoms with E-state index in [9.17, 15) is 9.59 Å². The maximum absolute atomic E-state index is 13.3. The van der Waals surface area contributed by atoms with Crippen LogP contribution in [-0.4, -0.2) is 29.7 Å². The van der Waals surface area contributed by atoms with Gasteiger partial charge in [-0.1, -0.05) is 53.0 Å². The number of hydrogen-bond donors (Lipinski definition) is 2. The Balaban J connectivity index is 1.41. The van der Waals surface area contributed by atoms with E-state index in [1.807, 2.05) is 6.07 Å². The molecule has 2 N–H and O–H groups in total. The Morgan fingerprint density at radius 3 is 2.58 bits per heavy atom. The normalized spacial score (nSPS) is 11.2. The van der Waals surface area contributed by atoms with E-state index in [4.69, 9.17) is 48.7 Å². The lowest BCUT2D eigenvalue weighted by molar-refractivity contribution is 0.0695. The standard InChI is InChI=1S/C29H20Cl3N3O5/c1-2-38-24-12-16(9-10-22(24)40-29(37)23-8-5-11-39-23)15-33-35-28(36)27-25(18-6-3-4-7-19(18)31)26-20(32)13-17(30)14-21(26)34-27/h3-15,34H,2H2,1H3,(H,35,36). The van der Waals surface area contributed by atoms with Gasteiger partial charge in [0, 0.05) is 32.1 Å². The number of rotatable bonds is 8. The summed E-state index contributed by atoms with van der Waals surface area (Å²) in [5, 5.41) is 5.94. The number of hydrazone groups is 1. The summed E-state index contributed by atoms with van der Waals surface area (Å²) in [6.07, 6.45) is 2.81. The van der Waals surface area contributed by atoms with Gasteiger partial charge in [-0.25, -0.2) is 10.2 Å². The average molecular weight is 597 g/mol. The van der Waals surface area contributed by atoms with Crippen LogP contribution in [0.2, 0.25) is 15.1 Å². The fourth-order valence-corrected chi connectivity index (χ4v) is 4.89. The van der Waals surface area contributed by atoms with Crippen molar-refractivity contribution < 1.29 is 23.5 Å². The molecule has 2 heterocycles. The number of ether oxygens (including phenoxy) is 2. The minimum atomic E-state index is -0.659. The van der Waals surface area contributed by atoms with E-state index in [0.29, 0.717) is 55.0 Å². The van der Waals surface area contributed by atoms with E-state index in [1.54, 1.807) is 61.5 Å². The molecule has 0 radical (unpaired) electrons. The smallest absolute Gasteiger partial charge is 0.379 e. The second-order valence-electron chi connectivity index (χ2n) is 8.37. The Morgan fingerprint density at radius 1 is 1.00 bits per heavy atom. The number of aromatic nitrogens is 1. The molecule has 11 heteroatoms. The summed E-state index contributed by atoms with van der Waals surface area (Å²) in [4.78, 5) is 28.7. The highest BCUT2D eigenvalue weighted by molar-refractivity contribution is 6.41. The van der Waals surface area contributed by atoms with Gasteiger partial charge in [-0.2, -0.15) is 5.10 Å². The largest absolute Gasteiger partial charge is 0.490 e. The first-order valence-corrected chi connectivity index (χ1v) is 13.1. The lowest BCUT2D eigenvalue weighted by Gasteiger charge is -2.10. The van der Waals surface area contributed by atoms with E-state index in [0.717, 1.165) is 0 Å². The molecule has 0 bridgehead atoms. The lowest BCUT2D eigenvalue weighted by Crippen LogP contribution is -2.19. The zero-order chi connectivity index (χ0) is 28.2. The minimum Gasteiger partial charge on any atom is -0.490 e. The number of fused-ring (bicyclic) bond motifs is 1. The van der Waals surface area contributed by atoms with Gasteiger partial charge in [-0.05, 0) is 61.0 Å². The van der Waals surface area contributed by atoms with Gasteiger partial charge < -0.3 is 18.9 Å². The van der Waals surface area contributed by atoms with Crippen LogP contribution < -0.4 is 14.9 Å². The second kappa shape index (κ2) is 11.9. The number of halogens is 3. The molecule has 0 unspecified atom stereocenters. The number of nitrogens with zero attached hydrogens (tertiary/aromatic N) is 1. The van der Waals surface area contributed by atoms with Crippen molar-refractivity contribution in [3.63, 3.8) is 0 Å². The van der Waals surface area contributed by atoms with Crippen molar-refractivity contribution in [2.24, 2.45) is 5.10 Å². The molecular formula is C29H20Cl3N3O5. The van der Waals surface area contributed by atoms with E-state index in [2.05, 4.69) is 15.5 Å². The first-order chi connectivity index (χ1) is 19.4. The molecule has 8 nitrogen and oxygen atoms in total. The van der Waals surface area contributed by atoms with Crippen molar-refractivity contribution in [1.82, 2.24) is 10.4 Å². The predicted molar refractivity (Wildman–Crippen MR) is 155 cm³/mol. The highest BCUT2D eigenvalue weighted by Gasteiger charge is 2.23. The van der Waals surface area contributed by atoms with Crippen molar-refractivity contribution >= 4 is 63.8 Å². The average Bonchev–Trinajstić information content (AvgIpc) is 3.59. The van der Waals surface area contributed by atoms with Crippen LogP contribution >= 0.6 is 34.8 Å². The monoisotopic (exact) mass is 595 g/mol. The third kappa shape index (κ3) is 5.70. The molecular weight excluding hydrogens is 577 g/mol. The Kier molecular flexibility index (Phi) is 8.11. The molecule has 2 aromatic heterocycles. The summed E-state index contributed by atoms with van der Waals surface area (Å²) in [6, 6.07) is 18.4. The number of carbonyl (C=O) groups excluding carboxylic acids is 2. The second-order valence-corrected chi connectivity index (χ2v) is 9.62. The molecule has 0 spiro atoms. The fraction of sp³-hybridized carbons (Fsp3) is 0.0690. The van der Waals surface area contributed by atoms with Crippen LogP contribution in [0, 0.1) is 0 Å². The molecule has 202 valence electrons. The highest BCUT2D eigenvalue weighted by atomic mass is 35.5. The van der Waals surface area contributed by atoms with Crippen LogP contribution in [0.4, 0.5) is 0 Å². The maximum atomic E-state index is 13.3. The number of hydrogen-bond acceptors (Lipinski definition) is 6. The lowest BCUT2D eigenvalue weighted by atomic mass is 10.0. The van der Waals surface area contributed by atoms with Crippen molar-refractivity contribution in [2.45, 2.75) is 6.92 Å². The number of benzene rings is 3. The van der Waals surface area contributed by atoms with E-state index >= 15 is 0 Å². The summed E-state index contributed by atoms with van der Waals surface area (Å²) < 4.78 is 16.1. The number of aromatic amines is 1. The summed E-state index contributed by atoms with van der Waals surface area (Å²) in [6.45, 7) is 2.13. The number of esters is 1. The Bertz CT molecular complexity index is 1750. The molecule has 0 fully saturated rings. The molecule has 0 aliphatic carbocycles. The molecule has 0 aliphatic rings. The predicted octanol–water partition coefficient (Wildman–Crippen LogP) is 7.77. The fourth-order valence-electron chi connectivity index (χ4n) is 4.08. The van der Waals surface area contributed by atoms with Crippen molar-refractivity contribution in [3.05, 3.63) is 105 Å². The van der Waals surface area contributed by atoms with Crippen molar-refractivity contribution in [2.75, 3.05) is 6.61 Å². The molecule has 1 amide bonds. The number of H-pyrrole nitrogens is 1. The number of furan rings is 1. The molecule has 0 aliphatic heterocycles. The van der Waals surface area contributed by atoms with Gasteiger partial charge in [-0.3, -0.25) is 4.79 Å². The minimum absolute atomic E-state index is 0.0625. The molecule has 5 rings (SSSR count). The Hall–Kier alpha value is -4.24. The number of carbonyl (C=O) groups is 2. The van der Waals surface area contributed by atoms with Gasteiger partial charge in [0.15, 0.2) is 11.5 Å². The third-order valence-corrected chi connectivity index (χ3v) is 6.60. The van der Waals surface area contributed by atoms with Crippen LogP contribution in [-0.2, 0) is 0 Å². The summed E-state index contributed by atoms with van der Waals surface area (Å²) in [5.74, 6) is -0.590. The first kappa shape index (κ1) is 27.3. The van der Waals surface area contributed by atoms with E-state index in [1.165, 1.54) is 18.5 Å². The Morgan fingerprint density at radius 2 is 1.82 bits per heavy atom. The molecule has 0 saturated carbocycles. The molecule has 40 heavy (non-hydrogen) atoms. The first-order valence-electron chi connectivity index (χ1n) is 12.0. The highest BCUT2D eigenvalue weighted by Crippen LogP contribution is 2.41. The van der Waals surface area contributed by atoms with Crippen LogP contribution in [0.15, 0.2) is 82.5 Å². The van der Waals surface area contributed by atoms with Gasteiger partial charge in [0.25, 0.3) is 5.91 Å². The van der Waals surface area contributed by atoms with Gasteiger partial charge in [-0.15, -0.1) is 0 Å². The zero-order valence-corrected chi connectivity index (χ0v) is 23.1. The number of amides is 1. The van der Waals surface area contributed by atoms with Gasteiger partial charge in [0.05, 0.1) is 24.1 Å². The van der Waals surface area contributed by atoms with Gasteiger partial charge in [0.1, 0.15) is 5.69 Å². The van der Waals surface area contributed by atoms with E-state index in [-0.39, 0.29) is 17.2 Å². The van der Waals surface area contributed by atoms with Crippen LogP contribution in [0.3, 0.4) is 0 Å². The third-order valence-electron chi connectivity index (χ3n) is 5.76. The van der Waals surface area contributed by atoms with Crippen LogP contribution in [0.1, 0.15) is 33.5 Å². The SMILES string of the molecule is CCOc1cc(C=NNC(=O)c2[nH]c3cc(Cl)cc(Cl)c3c2-c2ccccc2Cl)ccc1OC(=O)c1ccco1. The molecule has 3 aromatic carbocycles. The van der Waals surface area contributed by atoms with E-state index < -0.39 is 11.9 Å². The van der Waals surface area contributed by atoms with Gasteiger partial charge >= 0.3 is 5.97 Å². The number of nitrogens with one attached hydrogen (secondary N) is 2. The van der Waals surface area contributed by atoms with Crippen molar-refractivity contribution in [1.29, 1.82) is 0 Å². The molecule has 0 atom stereocenters. The summed E-state index contributed by atoms with van der Waals surface area (Å²) in [5.41, 5.74) is 5.04. The molecule has 5 aromatic rings. The van der Waals surface area contributed by atoms with Crippen LogP contribution in [0.25, 0.3) is 22.0 Å². The maximum Gasteiger partial charge on any atom is 0.379 e. The quantitative estimate of drug-likeness (QED) is 0.0824. The zero-order valence-electron chi connectivity index (χ0n) is 20.8. The van der Waals surface area contributed by atoms with Gasteiger partial charge in [0.2, 0.25) is 5.76 Å². The van der Waals surface area contributed by atoms with Crippen LogP contribution in [0.5, 0.6) is 11.5 Å².